The van der Waals surface area contributed by atoms with E-state index in [1.54, 1.807) is 0 Å². The van der Waals surface area contributed by atoms with Crippen LogP contribution in [-0.4, -0.2) is 29.0 Å². The van der Waals surface area contributed by atoms with Crippen molar-refractivity contribution in [2.75, 3.05) is 11.4 Å². The highest BCUT2D eigenvalue weighted by Crippen LogP contribution is 2.41. The molecule has 2 rings (SSSR count). The fourth-order valence-electron chi connectivity index (χ4n) is 2.24. The van der Waals surface area contributed by atoms with Crippen molar-refractivity contribution in [1.82, 2.24) is 4.98 Å². The van der Waals surface area contributed by atoms with E-state index in [9.17, 15) is 22.4 Å². The SMILES string of the molecule is CC(=O)N1CC(CC(Cl)C(F)(F)F)c2ccc(F)nc21. The van der Waals surface area contributed by atoms with E-state index in [1.807, 2.05) is 0 Å². The molecule has 0 saturated carbocycles. The molecule has 0 radical (unpaired) electrons. The number of aromatic nitrogens is 1. The summed E-state index contributed by atoms with van der Waals surface area (Å²) in [7, 11) is 0. The van der Waals surface area contributed by atoms with Gasteiger partial charge >= 0.3 is 6.18 Å². The van der Waals surface area contributed by atoms with E-state index in [4.69, 9.17) is 11.6 Å². The average molecular weight is 311 g/mol. The highest BCUT2D eigenvalue weighted by Gasteiger charge is 2.42. The number of rotatable bonds is 2. The van der Waals surface area contributed by atoms with Crippen LogP contribution in [0, 0.1) is 5.95 Å². The Bertz CT molecular complexity index is 535. The van der Waals surface area contributed by atoms with Gasteiger partial charge in [0.1, 0.15) is 11.2 Å². The number of nitrogens with zero attached hydrogens (tertiary/aromatic N) is 2. The molecule has 0 spiro atoms. The molecule has 0 N–H and O–H groups in total. The van der Waals surface area contributed by atoms with Gasteiger partial charge in [0, 0.05) is 24.9 Å². The van der Waals surface area contributed by atoms with Gasteiger partial charge in [-0.1, -0.05) is 6.07 Å². The zero-order chi connectivity index (χ0) is 15.1. The van der Waals surface area contributed by atoms with Crippen LogP contribution >= 0.6 is 11.6 Å². The number of carbonyl (C=O) groups is 1. The van der Waals surface area contributed by atoms with E-state index in [0.29, 0.717) is 5.56 Å². The predicted molar refractivity (Wildman–Crippen MR) is 65.3 cm³/mol. The van der Waals surface area contributed by atoms with Gasteiger partial charge in [-0.2, -0.15) is 17.6 Å². The Kier molecular flexibility index (Phi) is 3.90. The summed E-state index contributed by atoms with van der Waals surface area (Å²) in [6, 6.07) is 2.41. The van der Waals surface area contributed by atoms with Crippen LogP contribution in [0.5, 0.6) is 0 Å². The van der Waals surface area contributed by atoms with E-state index in [1.165, 1.54) is 17.9 Å². The molecule has 1 aromatic heterocycles. The Morgan fingerprint density at radius 1 is 1.55 bits per heavy atom. The number of amides is 1. The molecule has 1 aliphatic heterocycles. The summed E-state index contributed by atoms with van der Waals surface area (Å²) in [5.74, 6) is -1.71. The quantitative estimate of drug-likeness (QED) is 0.477. The first kappa shape index (κ1) is 15.0. The molecule has 2 unspecified atom stereocenters. The van der Waals surface area contributed by atoms with E-state index in [-0.39, 0.29) is 18.8 Å². The maximum absolute atomic E-state index is 13.1. The van der Waals surface area contributed by atoms with Gasteiger partial charge in [0.25, 0.3) is 0 Å². The minimum Gasteiger partial charge on any atom is -0.296 e. The summed E-state index contributed by atoms with van der Waals surface area (Å²) in [6.07, 6.45) is -4.89. The van der Waals surface area contributed by atoms with Crippen molar-refractivity contribution in [3.05, 3.63) is 23.6 Å². The monoisotopic (exact) mass is 310 g/mol. The Hall–Kier alpha value is -1.37. The van der Waals surface area contributed by atoms with Crippen LogP contribution in [0.3, 0.4) is 0 Å². The van der Waals surface area contributed by atoms with Crippen molar-refractivity contribution < 1.29 is 22.4 Å². The van der Waals surface area contributed by atoms with Crippen molar-refractivity contribution in [3.63, 3.8) is 0 Å². The van der Waals surface area contributed by atoms with Crippen molar-refractivity contribution in [3.8, 4) is 0 Å². The van der Waals surface area contributed by atoms with Gasteiger partial charge < -0.3 is 0 Å². The molecule has 8 heteroatoms. The number of carbonyl (C=O) groups excluding carboxylic acids is 1. The average Bonchev–Trinajstić information content (AvgIpc) is 2.66. The third-order valence-corrected chi connectivity index (χ3v) is 3.62. The zero-order valence-corrected chi connectivity index (χ0v) is 11.2. The maximum atomic E-state index is 13.1. The second kappa shape index (κ2) is 5.20. The van der Waals surface area contributed by atoms with Crippen LogP contribution in [0.2, 0.25) is 0 Å². The molecule has 1 amide bonds. The molecule has 2 heterocycles. The first-order chi connectivity index (χ1) is 9.20. The minimum absolute atomic E-state index is 0.0282. The summed E-state index contributed by atoms with van der Waals surface area (Å²) in [6.45, 7) is 1.28. The number of pyridine rings is 1. The van der Waals surface area contributed by atoms with Crippen LogP contribution in [0.4, 0.5) is 23.4 Å². The van der Waals surface area contributed by atoms with Crippen LogP contribution in [0.25, 0.3) is 0 Å². The highest BCUT2D eigenvalue weighted by atomic mass is 35.5. The molecule has 110 valence electrons. The van der Waals surface area contributed by atoms with Gasteiger partial charge in [-0.15, -0.1) is 11.6 Å². The summed E-state index contributed by atoms with van der Waals surface area (Å²) in [4.78, 5) is 16.2. The molecule has 1 aromatic rings. The fourth-order valence-corrected chi connectivity index (χ4v) is 2.45. The molecule has 3 nitrogen and oxygen atoms in total. The van der Waals surface area contributed by atoms with Gasteiger partial charge in [0.2, 0.25) is 11.9 Å². The molecule has 2 atom stereocenters. The first-order valence-corrected chi connectivity index (χ1v) is 6.29. The predicted octanol–water partition coefficient (Wildman–Crippen LogP) is 3.23. The van der Waals surface area contributed by atoms with Crippen LogP contribution < -0.4 is 4.90 Å². The summed E-state index contributed by atoms with van der Waals surface area (Å²) in [5.41, 5.74) is 0.413. The van der Waals surface area contributed by atoms with Crippen LogP contribution in [0.15, 0.2) is 12.1 Å². The summed E-state index contributed by atoms with van der Waals surface area (Å²) < 4.78 is 50.7. The number of hydrogen-bond acceptors (Lipinski definition) is 2. The fraction of sp³-hybridized carbons (Fsp3) is 0.500. The van der Waals surface area contributed by atoms with E-state index < -0.39 is 29.3 Å². The number of hydrogen-bond donors (Lipinski definition) is 0. The Morgan fingerprint density at radius 2 is 2.20 bits per heavy atom. The van der Waals surface area contributed by atoms with Crippen molar-refractivity contribution in [1.29, 1.82) is 0 Å². The van der Waals surface area contributed by atoms with Gasteiger partial charge in [0.15, 0.2) is 0 Å². The summed E-state index contributed by atoms with van der Waals surface area (Å²) >= 11 is 5.34. The van der Waals surface area contributed by atoms with E-state index >= 15 is 0 Å². The lowest BCUT2D eigenvalue weighted by Gasteiger charge is -2.18. The van der Waals surface area contributed by atoms with E-state index in [2.05, 4.69) is 4.98 Å². The van der Waals surface area contributed by atoms with Crippen LogP contribution in [0.1, 0.15) is 24.8 Å². The molecular formula is C12H11ClF4N2O. The third-order valence-electron chi connectivity index (χ3n) is 3.20. The number of alkyl halides is 4. The lowest BCUT2D eigenvalue weighted by molar-refractivity contribution is -0.132. The topological polar surface area (TPSA) is 33.2 Å². The van der Waals surface area contributed by atoms with Crippen molar-refractivity contribution in [2.45, 2.75) is 30.8 Å². The lowest BCUT2D eigenvalue weighted by atomic mass is 9.97. The largest absolute Gasteiger partial charge is 0.404 e. The number of anilines is 1. The van der Waals surface area contributed by atoms with Crippen molar-refractivity contribution in [2.24, 2.45) is 0 Å². The molecule has 0 aliphatic carbocycles. The van der Waals surface area contributed by atoms with Gasteiger partial charge in [-0.3, -0.25) is 9.69 Å². The molecular weight excluding hydrogens is 300 g/mol. The highest BCUT2D eigenvalue weighted by molar-refractivity contribution is 6.21. The Morgan fingerprint density at radius 3 is 2.75 bits per heavy atom. The van der Waals surface area contributed by atoms with Gasteiger partial charge in [-0.05, 0) is 12.5 Å². The number of fused-ring (bicyclic) bond motifs is 1. The second-order valence-corrected chi connectivity index (χ2v) is 5.15. The normalized spacial score (nSPS) is 19.9. The van der Waals surface area contributed by atoms with Gasteiger partial charge in [-0.25, -0.2) is 4.98 Å². The summed E-state index contributed by atoms with van der Waals surface area (Å²) in [5, 5.41) is -2.02. The third kappa shape index (κ3) is 2.87. The lowest BCUT2D eigenvalue weighted by Crippen LogP contribution is -2.30. The molecule has 0 bridgehead atoms. The second-order valence-electron chi connectivity index (χ2n) is 4.62. The smallest absolute Gasteiger partial charge is 0.296 e. The molecule has 1 aliphatic rings. The standard InChI is InChI=1S/C12H11ClF4N2O/c1-6(20)19-5-7(4-9(13)12(15,16)17)8-2-3-10(14)18-11(8)19/h2-3,7,9H,4-5H2,1H3. The molecule has 0 saturated heterocycles. The van der Waals surface area contributed by atoms with Crippen molar-refractivity contribution >= 4 is 23.3 Å². The van der Waals surface area contributed by atoms with Crippen LogP contribution in [-0.2, 0) is 4.79 Å². The minimum atomic E-state index is -4.52. The Balaban J connectivity index is 2.29. The van der Waals surface area contributed by atoms with Gasteiger partial charge in [0.05, 0.1) is 0 Å². The number of halogens is 5. The van der Waals surface area contributed by atoms with E-state index in [0.717, 1.165) is 6.07 Å². The molecule has 0 fully saturated rings. The Labute approximate surface area is 117 Å². The first-order valence-electron chi connectivity index (χ1n) is 5.85. The molecule has 0 aromatic carbocycles. The maximum Gasteiger partial charge on any atom is 0.404 e. The zero-order valence-electron chi connectivity index (χ0n) is 10.4. The molecule has 20 heavy (non-hydrogen) atoms.